The number of phenolic OH excluding ortho intramolecular Hbond substituents is 1. The van der Waals surface area contributed by atoms with Gasteiger partial charge in [-0.1, -0.05) is 24.3 Å². The van der Waals surface area contributed by atoms with Crippen LogP contribution >= 0.6 is 0 Å². The van der Waals surface area contributed by atoms with Gasteiger partial charge in [-0.2, -0.15) is 0 Å². The predicted octanol–water partition coefficient (Wildman–Crippen LogP) is -2.83. The summed E-state index contributed by atoms with van der Waals surface area (Å²) in [5.41, 5.74) is 2.33. The topological polar surface area (TPSA) is 20.2 Å². The molecule has 2 aromatic carbocycles. The maximum absolute atomic E-state index is 9.68. The minimum absolute atomic E-state index is 0. The number of fused-ring (bicyclic) bond motifs is 1. The third kappa shape index (κ3) is 3.15. The molecule has 4 heteroatoms. The first-order chi connectivity index (χ1) is 6.20. The second-order valence-electron chi connectivity index (χ2n) is 3.40. The molecule has 0 bridgehead atoms. The fourth-order valence-electron chi connectivity index (χ4n) is 1.71. The summed E-state index contributed by atoms with van der Waals surface area (Å²) in [6, 6.07) is 9.77. The summed E-state index contributed by atoms with van der Waals surface area (Å²) < 4.78 is 0. The van der Waals surface area contributed by atoms with E-state index in [1.165, 1.54) is 5.56 Å². The molecule has 0 aliphatic carbocycles. The fraction of sp³-hybridized carbons (Fsp3) is 0.167. The van der Waals surface area contributed by atoms with Crippen LogP contribution < -0.4 is 24.8 Å². The zero-order chi connectivity index (χ0) is 9.42. The summed E-state index contributed by atoms with van der Waals surface area (Å²) in [6.45, 7) is 4.07. The molecule has 0 aromatic heterocycles. The predicted molar refractivity (Wildman–Crippen MR) is 55.1 cm³/mol. The molecule has 0 heterocycles. The number of halogens is 2. The zero-order valence-corrected chi connectivity index (χ0v) is 12.2. The summed E-state index contributed by atoms with van der Waals surface area (Å²) in [7, 11) is 0. The van der Waals surface area contributed by atoms with Crippen molar-refractivity contribution in [2.75, 3.05) is 0 Å². The average Bonchev–Trinajstić information content (AvgIpc) is 2.12. The van der Waals surface area contributed by atoms with E-state index in [1.807, 2.05) is 31.2 Å². The van der Waals surface area contributed by atoms with Crippen molar-refractivity contribution in [3.8, 4) is 5.75 Å². The maximum atomic E-state index is 9.68. The number of phenols is 1. The number of hydrogen-bond donors (Lipinski definition) is 1. The van der Waals surface area contributed by atoms with E-state index in [9.17, 15) is 5.11 Å². The average molecular weight is 291 g/mol. The van der Waals surface area contributed by atoms with Crippen molar-refractivity contribution in [2.24, 2.45) is 0 Å². The molecule has 2 aromatic rings. The molecule has 1 nitrogen and oxygen atoms in total. The van der Waals surface area contributed by atoms with Crippen molar-refractivity contribution in [2.45, 2.75) is 13.8 Å². The van der Waals surface area contributed by atoms with Crippen LogP contribution in [0.4, 0.5) is 0 Å². The minimum atomic E-state index is 0. The molecule has 0 aliphatic heterocycles. The Balaban J connectivity index is 0. The van der Waals surface area contributed by atoms with Gasteiger partial charge in [-0.15, -0.1) is 0 Å². The number of hydrogen-bond acceptors (Lipinski definition) is 1. The van der Waals surface area contributed by atoms with Gasteiger partial charge in [0.15, 0.2) is 0 Å². The molecule has 0 amide bonds. The van der Waals surface area contributed by atoms with Gasteiger partial charge in [0.05, 0.1) is 0 Å². The Kier molecular flexibility index (Phi) is 8.16. The van der Waals surface area contributed by atoms with Gasteiger partial charge in [0, 0.05) is 5.39 Å². The third-order valence-electron chi connectivity index (χ3n) is 2.44. The number of rotatable bonds is 0. The Bertz CT molecular complexity index is 464. The van der Waals surface area contributed by atoms with Gasteiger partial charge >= 0.3 is 21.7 Å². The molecule has 16 heavy (non-hydrogen) atoms. The van der Waals surface area contributed by atoms with E-state index in [0.717, 1.165) is 16.3 Å². The van der Waals surface area contributed by atoms with Crippen LogP contribution in [0, 0.1) is 13.8 Å². The van der Waals surface area contributed by atoms with Gasteiger partial charge in [-0.05, 0) is 36.4 Å². The number of aryl methyl sites for hydroxylation is 2. The van der Waals surface area contributed by atoms with E-state index < -0.39 is 0 Å². The first-order valence-corrected chi connectivity index (χ1v) is 4.38. The van der Waals surface area contributed by atoms with Crippen molar-refractivity contribution < 1.29 is 51.6 Å². The number of benzene rings is 2. The zero-order valence-electron chi connectivity index (χ0n) is 9.09. The van der Waals surface area contributed by atoms with E-state index >= 15 is 0 Å². The van der Waals surface area contributed by atoms with Gasteiger partial charge < -0.3 is 29.9 Å². The van der Waals surface area contributed by atoms with Crippen molar-refractivity contribution in [1.29, 1.82) is 0 Å². The Morgan fingerprint density at radius 3 is 2.06 bits per heavy atom. The van der Waals surface area contributed by atoms with E-state index in [4.69, 9.17) is 0 Å². The van der Waals surface area contributed by atoms with E-state index in [2.05, 4.69) is 6.92 Å². The molecule has 0 saturated heterocycles. The van der Waals surface area contributed by atoms with Gasteiger partial charge in [-0.25, -0.2) is 0 Å². The summed E-state index contributed by atoms with van der Waals surface area (Å²) in [4.78, 5) is 0. The largest absolute Gasteiger partial charge is 2.00 e. The third-order valence-corrected chi connectivity index (χ3v) is 2.44. The Morgan fingerprint density at radius 1 is 0.875 bits per heavy atom. The summed E-state index contributed by atoms with van der Waals surface area (Å²) in [5, 5.41) is 11.8. The molecule has 1 N–H and O–H groups in total. The van der Waals surface area contributed by atoms with E-state index in [-0.39, 0.29) is 46.5 Å². The molecule has 0 atom stereocenters. The van der Waals surface area contributed by atoms with Gasteiger partial charge in [-0.3, -0.25) is 0 Å². The van der Waals surface area contributed by atoms with Crippen molar-refractivity contribution in [1.82, 2.24) is 0 Å². The van der Waals surface area contributed by atoms with Crippen LogP contribution in [-0.2, 0) is 21.7 Å². The Morgan fingerprint density at radius 2 is 1.50 bits per heavy atom. The first-order valence-electron chi connectivity index (χ1n) is 4.38. The quantitative estimate of drug-likeness (QED) is 0.519. The van der Waals surface area contributed by atoms with Gasteiger partial charge in [0.2, 0.25) is 0 Å². The first kappa shape index (κ1) is 18.2. The van der Waals surface area contributed by atoms with Crippen LogP contribution in [0.15, 0.2) is 30.3 Å². The van der Waals surface area contributed by atoms with E-state index in [1.54, 1.807) is 6.07 Å². The molecule has 0 unspecified atom stereocenters. The van der Waals surface area contributed by atoms with Gasteiger partial charge in [0.25, 0.3) is 0 Å². The van der Waals surface area contributed by atoms with Crippen molar-refractivity contribution in [3.05, 3.63) is 41.5 Å². The molecular formula is C12H12Cl2OTi. The van der Waals surface area contributed by atoms with Crippen LogP contribution in [0.2, 0.25) is 0 Å². The van der Waals surface area contributed by atoms with Crippen LogP contribution in [0.5, 0.6) is 5.75 Å². The molecule has 0 fully saturated rings. The molecule has 2 rings (SSSR count). The number of aromatic hydroxyl groups is 1. The second kappa shape index (κ2) is 7.18. The molecule has 0 aliphatic rings. The van der Waals surface area contributed by atoms with Crippen LogP contribution in [0.1, 0.15) is 11.1 Å². The monoisotopic (exact) mass is 290 g/mol. The SMILES string of the molecule is Cc1ccc(O)c2c(C)cccc12.[Cl-].[Cl-].[Ti+2]. The summed E-state index contributed by atoms with van der Waals surface area (Å²) in [5.74, 6) is 0.374. The Hall–Kier alpha value is -0.206. The molecule has 0 saturated carbocycles. The fourth-order valence-corrected chi connectivity index (χ4v) is 1.71. The van der Waals surface area contributed by atoms with Crippen molar-refractivity contribution >= 4 is 10.8 Å². The normalized spacial score (nSPS) is 8.62. The molecule has 0 spiro atoms. The summed E-state index contributed by atoms with van der Waals surface area (Å²) >= 11 is 0. The standard InChI is InChI=1S/C12H12O.2ClH.Ti/c1-8-6-7-11(13)12-9(2)4-3-5-10(8)12;;;/h3-7,13H,1-2H3;2*1H;/q;;;+2/p-2. The summed E-state index contributed by atoms with van der Waals surface area (Å²) in [6.07, 6.45) is 0. The second-order valence-corrected chi connectivity index (χ2v) is 3.40. The van der Waals surface area contributed by atoms with Crippen LogP contribution in [0.25, 0.3) is 10.8 Å². The molecular weight excluding hydrogens is 279 g/mol. The van der Waals surface area contributed by atoms with Crippen molar-refractivity contribution in [3.63, 3.8) is 0 Å². The van der Waals surface area contributed by atoms with Crippen LogP contribution in [0.3, 0.4) is 0 Å². The van der Waals surface area contributed by atoms with Gasteiger partial charge in [0.1, 0.15) is 5.75 Å². The maximum Gasteiger partial charge on any atom is 2.00 e. The van der Waals surface area contributed by atoms with Crippen LogP contribution in [-0.4, -0.2) is 5.11 Å². The smallest absolute Gasteiger partial charge is 1.00 e. The molecule has 0 radical (unpaired) electrons. The Labute approximate surface area is 123 Å². The minimum Gasteiger partial charge on any atom is -1.00 e. The van der Waals surface area contributed by atoms with E-state index in [0.29, 0.717) is 5.75 Å². The molecule has 84 valence electrons.